The monoisotopic (exact) mass is 451 g/mol. The van der Waals surface area contributed by atoms with E-state index in [1.54, 1.807) is 12.1 Å². The molecule has 0 spiro atoms. The van der Waals surface area contributed by atoms with Crippen molar-refractivity contribution in [2.45, 2.75) is 31.5 Å². The predicted octanol–water partition coefficient (Wildman–Crippen LogP) is 4.84. The summed E-state index contributed by atoms with van der Waals surface area (Å²) in [5, 5.41) is 6.52. The van der Waals surface area contributed by atoms with E-state index < -0.39 is 17.8 Å². The lowest BCUT2D eigenvalue weighted by molar-refractivity contribution is -0.142. The largest absolute Gasteiger partial charge is 0.495 e. The van der Waals surface area contributed by atoms with Crippen molar-refractivity contribution in [3.8, 4) is 5.75 Å². The molecule has 140 valence electrons. The van der Waals surface area contributed by atoms with Crippen molar-refractivity contribution in [2.75, 3.05) is 12.4 Å². The maximum absolute atomic E-state index is 13.1. The highest BCUT2D eigenvalue weighted by molar-refractivity contribution is 9.10. The second kappa shape index (κ2) is 7.11. The summed E-state index contributed by atoms with van der Waals surface area (Å²) in [6.07, 6.45) is -3.04. The normalized spacial score (nSPS) is 14.4. The van der Waals surface area contributed by atoms with Crippen LogP contribution >= 0.6 is 27.5 Å². The lowest BCUT2D eigenvalue weighted by Gasteiger charge is -2.10. The van der Waals surface area contributed by atoms with Gasteiger partial charge in [0, 0.05) is 11.6 Å². The standard InChI is InChI=1S/C16H14BrClF3N3O2/c1-26-11-5-4-9(6-10(11)18)22-12(25)7-24-14(8-2-3-8)13(17)15(23-24)16(19,20)21/h4-6,8H,2-3,7H2,1H3,(H,22,25). The number of amides is 1. The SMILES string of the molecule is COc1ccc(NC(=O)Cn2nc(C(F)(F)F)c(Br)c2C2CC2)cc1Cl. The molecule has 1 N–H and O–H groups in total. The summed E-state index contributed by atoms with van der Waals surface area (Å²) in [6, 6.07) is 4.67. The van der Waals surface area contributed by atoms with E-state index in [1.165, 1.54) is 13.2 Å². The van der Waals surface area contributed by atoms with Crippen LogP contribution in [0.15, 0.2) is 22.7 Å². The van der Waals surface area contributed by atoms with E-state index in [2.05, 4.69) is 26.3 Å². The molecule has 1 heterocycles. The van der Waals surface area contributed by atoms with Gasteiger partial charge in [0.25, 0.3) is 0 Å². The van der Waals surface area contributed by atoms with E-state index in [0.29, 0.717) is 22.2 Å². The van der Waals surface area contributed by atoms with Crippen LogP contribution in [0, 0.1) is 0 Å². The number of alkyl halides is 3. The molecule has 1 aromatic heterocycles. The van der Waals surface area contributed by atoms with Crippen LogP contribution in [0.5, 0.6) is 5.75 Å². The van der Waals surface area contributed by atoms with Crippen molar-refractivity contribution in [3.05, 3.63) is 39.1 Å². The first kappa shape index (κ1) is 19.0. The first-order valence-electron chi connectivity index (χ1n) is 7.67. The Bertz CT molecular complexity index is 850. The predicted molar refractivity (Wildman–Crippen MR) is 93.5 cm³/mol. The average Bonchev–Trinajstić information content (AvgIpc) is 3.31. The van der Waals surface area contributed by atoms with Crippen molar-refractivity contribution < 1.29 is 22.7 Å². The lowest BCUT2D eigenvalue weighted by Crippen LogP contribution is -2.21. The van der Waals surface area contributed by atoms with Crippen LogP contribution in [0.1, 0.15) is 30.1 Å². The summed E-state index contributed by atoms with van der Waals surface area (Å²) in [5.74, 6) is -0.0698. The highest BCUT2D eigenvalue weighted by atomic mass is 79.9. The van der Waals surface area contributed by atoms with Crippen molar-refractivity contribution >= 4 is 39.1 Å². The van der Waals surface area contributed by atoms with Crippen molar-refractivity contribution in [1.82, 2.24) is 9.78 Å². The van der Waals surface area contributed by atoms with Gasteiger partial charge in [-0.15, -0.1) is 0 Å². The van der Waals surface area contributed by atoms with Gasteiger partial charge in [-0.1, -0.05) is 11.6 Å². The van der Waals surface area contributed by atoms with E-state index in [-0.39, 0.29) is 16.9 Å². The Balaban J connectivity index is 1.80. The van der Waals surface area contributed by atoms with Gasteiger partial charge in [0.15, 0.2) is 5.69 Å². The molecular weight excluding hydrogens is 439 g/mol. The Morgan fingerprint density at radius 2 is 2.15 bits per heavy atom. The van der Waals surface area contributed by atoms with E-state index in [1.807, 2.05) is 0 Å². The molecular formula is C16H14BrClF3N3O2. The first-order chi connectivity index (χ1) is 12.2. The summed E-state index contributed by atoms with van der Waals surface area (Å²) >= 11 is 8.99. The summed E-state index contributed by atoms with van der Waals surface area (Å²) in [6.45, 7) is -0.329. The van der Waals surface area contributed by atoms with E-state index in [4.69, 9.17) is 16.3 Å². The van der Waals surface area contributed by atoms with Crippen molar-refractivity contribution in [2.24, 2.45) is 0 Å². The number of aromatic nitrogens is 2. The fourth-order valence-corrected chi connectivity index (χ4v) is 3.67. The van der Waals surface area contributed by atoms with Gasteiger partial charge >= 0.3 is 6.18 Å². The fourth-order valence-electron chi connectivity index (χ4n) is 2.58. The number of hydrogen-bond donors (Lipinski definition) is 1. The quantitative estimate of drug-likeness (QED) is 0.706. The van der Waals surface area contributed by atoms with Gasteiger partial charge in [-0.2, -0.15) is 18.3 Å². The highest BCUT2D eigenvalue weighted by Crippen LogP contribution is 2.46. The third kappa shape index (κ3) is 3.98. The Kier molecular flexibility index (Phi) is 5.21. The number of ether oxygens (including phenoxy) is 1. The summed E-state index contributed by atoms with van der Waals surface area (Å²) in [4.78, 5) is 12.3. The van der Waals surface area contributed by atoms with Crippen LogP contribution in [-0.2, 0) is 17.5 Å². The number of nitrogens with zero attached hydrogens (tertiary/aromatic N) is 2. The number of benzene rings is 1. The first-order valence-corrected chi connectivity index (χ1v) is 8.84. The Morgan fingerprint density at radius 3 is 2.69 bits per heavy atom. The summed E-state index contributed by atoms with van der Waals surface area (Å²) in [7, 11) is 1.46. The smallest absolute Gasteiger partial charge is 0.436 e. The highest BCUT2D eigenvalue weighted by Gasteiger charge is 2.41. The van der Waals surface area contributed by atoms with Crippen molar-refractivity contribution in [3.63, 3.8) is 0 Å². The number of halogens is 5. The third-order valence-corrected chi connectivity index (χ3v) is 4.97. The minimum atomic E-state index is -4.59. The molecule has 3 rings (SSSR count). The maximum Gasteiger partial charge on any atom is 0.436 e. The number of carbonyl (C=O) groups is 1. The molecule has 1 aliphatic carbocycles. The number of carbonyl (C=O) groups excluding carboxylic acids is 1. The molecule has 10 heteroatoms. The average molecular weight is 453 g/mol. The minimum absolute atomic E-state index is 0.0174. The topological polar surface area (TPSA) is 56.1 Å². The molecule has 1 saturated carbocycles. The van der Waals surface area contributed by atoms with Crippen LogP contribution in [-0.4, -0.2) is 22.8 Å². The van der Waals surface area contributed by atoms with Crippen LogP contribution < -0.4 is 10.1 Å². The molecule has 0 saturated heterocycles. The number of nitrogens with one attached hydrogen (secondary N) is 1. The zero-order valence-corrected chi connectivity index (χ0v) is 15.9. The van der Waals surface area contributed by atoms with Gasteiger partial charge in [0.05, 0.1) is 22.3 Å². The second-order valence-corrected chi connectivity index (χ2v) is 7.08. The summed E-state index contributed by atoms with van der Waals surface area (Å²) in [5.41, 5.74) is -0.198. The van der Waals surface area contributed by atoms with Gasteiger partial charge in [-0.3, -0.25) is 9.48 Å². The Hall–Kier alpha value is -1.74. The van der Waals surface area contributed by atoms with E-state index in [9.17, 15) is 18.0 Å². The lowest BCUT2D eigenvalue weighted by atomic mass is 10.2. The second-order valence-electron chi connectivity index (χ2n) is 5.88. The van der Waals surface area contributed by atoms with Crippen LogP contribution in [0.4, 0.5) is 18.9 Å². The van der Waals surface area contributed by atoms with E-state index in [0.717, 1.165) is 17.5 Å². The van der Waals surface area contributed by atoms with Gasteiger partial charge in [0.2, 0.25) is 5.91 Å². The fraction of sp³-hybridized carbons (Fsp3) is 0.375. The van der Waals surface area contributed by atoms with Crippen LogP contribution in [0.25, 0.3) is 0 Å². The molecule has 1 fully saturated rings. The number of rotatable bonds is 5. The summed E-state index contributed by atoms with van der Waals surface area (Å²) < 4.78 is 45.3. The molecule has 0 unspecified atom stereocenters. The third-order valence-electron chi connectivity index (χ3n) is 3.89. The van der Waals surface area contributed by atoms with Gasteiger partial charge in [-0.05, 0) is 47.0 Å². The molecule has 5 nitrogen and oxygen atoms in total. The molecule has 0 aliphatic heterocycles. The van der Waals surface area contributed by atoms with Gasteiger partial charge in [-0.25, -0.2) is 0 Å². The van der Waals surface area contributed by atoms with Gasteiger partial charge in [0.1, 0.15) is 12.3 Å². The minimum Gasteiger partial charge on any atom is -0.495 e. The van der Waals surface area contributed by atoms with Crippen LogP contribution in [0.3, 0.4) is 0 Å². The molecule has 0 radical (unpaired) electrons. The molecule has 26 heavy (non-hydrogen) atoms. The van der Waals surface area contributed by atoms with Gasteiger partial charge < -0.3 is 10.1 Å². The Labute approximate surface area is 160 Å². The maximum atomic E-state index is 13.1. The molecule has 1 amide bonds. The van der Waals surface area contributed by atoms with Crippen molar-refractivity contribution in [1.29, 1.82) is 0 Å². The molecule has 2 aromatic rings. The molecule has 0 bridgehead atoms. The zero-order chi connectivity index (χ0) is 19.1. The number of hydrogen-bond acceptors (Lipinski definition) is 3. The number of methoxy groups -OCH3 is 1. The van der Waals surface area contributed by atoms with Crippen LogP contribution in [0.2, 0.25) is 5.02 Å². The Morgan fingerprint density at radius 1 is 1.46 bits per heavy atom. The zero-order valence-electron chi connectivity index (χ0n) is 13.5. The molecule has 1 aliphatic rings. The number of anilines is 1. The molecule has 1 aromatic carbocycles. The van der Waals surface area contributed by atoms with E-state index >= 15 is 0 Å². The molecule has 0 atom stereocenters.